The van der Waals surface area contributed by atoms with Crippen molar-refractivity contribution in [3.05, 3.63) is 12.2 Å². The van der Waals surface area contributed by atoms with Crippen LogP contribution in [-0.2, 0) is 9.59 Å². The molecule has 2 amide bonds. The molecule has 0 unspecified atom stereocenters. The SMILES string of the molecule is O=C1C=CC(=O)N1CCCCS. The normalized spacial score (nSPS) is 16.2. The lowest BCUT2D eigenvalue weighted by Crippen LogP contribution is -2.30. The highest BCUT2D eigenvalue weighted by Gasteiger charge is 2.21. The van der Waals surface area contributed by atoms with E-state index >= 15 is 0 Å². The van der Waals surface area contributed by atoms with Gasteiger partial charge in [0.05, 0.1) is 0 Å². The molecule has 0 bridgehead atoms. The van der Waals surface area contributed by atoms with Gasteiger partial charge in [-0.25, -0.2) is 0 Å². The van der Waals surface area contributed by atoms with Gasteiger partial charge in [0.1, 0.15) is 0 Å². The molecule has 4 heteroatoms. The number of unbranched alkanes of at least 4 members (excludes halogenated alkanes) is 1. The van der Waals surface area contributed by atoms with Crippen LogP contribution in [0, 0.1) is 0 Å². The Morgan fingerprint density at radius 2 is 1.75 bits per heavy atom. The van der Waals surface area contributed by atoms with Crippen molar-refractivity contribution >= 4 is 24.4 Å². The van der Waals surface area contributed by atoms with Gasteiger partial charge < -0.3 is 0 Å². The molecular weight excluding hydrogens is 174 g/mol. The topological polar surface area (TPSA) is 37.4 Å². The molecule has 1 aliphatic rings. The molecule has 3 nitrogen and oxygen atoms in total. The largest absolute Gasteiger partial charge is 0.275 e. The number of carbonyl (C=O) groups is 2. The standard InChI is InChI=1S/C8H11NO2S/c10-7-3-4-8(11)9(7)5-1-2-6-12/h3-4,12H,1-2,5-6H2. The second kappa shape index (κ2) is 4.30. The lowest BCUT2D eigenvalue weighted by atomic mass is 10.3. The summed E-state index contributed by atoms with van der Waals surface area (Å²) in [5.74, 6) is 0.405. The molecule has 0 radical (unpaired) electrons. The third kappa shape index (κ3) is 2.11. The predicted molar refractivity (Wildman–Crippen MR) is 48.9 cm³/mol. The number of carbonyl (C=O) groups excluding carboxylic acids is 2. The summed E-state index contributed by atoms with van der Waals surface area (Å²) in [7, 11) is 0. The minimum absolute atomic E-state index is 0.195. The highest BCUT2D eigenvalue weighted by molar-refractivity contribution is 7.80. The van der Waals surface area contributed by atoms with Crippen LogP contribution in [0.25, 0.3) is 0 Å². The number of nitrogens with zero attached hydrogens (tertiary/aromatic N) is 1. The highest BCUT2D eigenvalue weighted by atomic mass is 32.1. The van der Waals surface area contributed by atoms with Gasteiger partial charge in [-0.05, 0) is 18.6 Å². The molecule has 0 aromatic heterocycles. The van der Waals surface area contributed by atoms with Gasteiger partial charge in [0.2, 0.25) is 0 Å². The summed E-state index contributed by atoms with van der Waals surface area (Å²) in [6.45, 7) is 0.519. The van der Waals surface area contributed by atoms with Crippen LogP contribution in [0.15, 0.2) is 12.2 Å². The minimum atomic E-state index is -0.195. The van der Waals surface area contributed by atoms with Gasteiger partial charge in [-0.15, -0.1) is 0 Å². The van der Waals surface area contributed by atoms with E-state index in [0.717, 1.165) is 18.6 Å². The third-order valence-corrected chi connectivity index (χ3v) is 2.01. The zero-order chi connectivity index (χ0) is 8.97. The second-order valence-electron chi connectivity index (χ2n) is 2.59. The van der Waals surface area contributed by atoms with Crippen molar-refractivity contribution in [3.63, 3.8) is 0 Å². The van der Waals surface area contributed by atoms with Crippen molar-refractivity contribution in [3.8, 4) is 0 Å². The van der Waals surface area contributed by atoms with Crippen LogP contribution in [0.2, 0.25) is 0 Å². The van der Waals surface area contributed by atoms with E-state index in [2.05, 4.69) is 12.6 Å². The van der Waals surface area contributed by atoms with E-state index in [9.17, 15) is 9.59 Å². The maximum absolute atomic E-state index is 11.0. The average Bonchev–Trinajstić information content (AvgIpc) is 2.35. The molecule has 0 saturated carbocycles. The number of hydrogen-bond donors (Lipinski definition) is 1. The van der Waals surface area contributed by atoms with Crippen molar-refractivity contribution in [2.45, 2.75) is 12.8 Å². The summed E-state index contributed by atoms with van der Waals surface area (Å²) in [6.07, 6.45) is 4.38. The van der Waals surface area contributed by atoms with E-state index in [4.69, 9.17) is 0 Å². The lowest BCUT2D eigenvalue weighted by Gasteiger charge is -2.12. The maximum Gasteiger partial charge on any atom is 0.253 e. The minimum Gasteiger partial charge on any atom is -0.275 e. The van der Waals surface area contributed by atoms with Crippen LogP contribution in [0.3, 0.4) is 0 Å². The number of imide groups is 1. The van der Waals surface area contributed by atoms with Gasteiger partial charge >= 0.3 is 0 Å². The van der Waals surface area contributed by atoms with Gasteiger partial charge in [0.15, 0.2) is 0 Å². The summed E-state index contributed by atoms with van der Waals surface area (Å²) < 4.78 is 0. The van der Waals surface area contributed by atoms with Crippen LogP contribution < -0.4 is 0 Å². The second-order valence-corrected chi connectivity index (χ2v) is 3.04. The van der Waals surface area contributed by atoms with Gasteiger partial charge in [-0.1, -0.05) is 0 Å². The van der Waals surface area contributed by atoms with Crippen LogP contribution >= 0.6 is 12.6 Å². The van der Waals surface area contributed by atoms with E-state index in [1.807, 2.05) is 0 Å². The molecule has 0 N–H and O–H groups in total. The molecule has 1 rings (SSSR count). The van der Waals surface area contributed by atoms with Crippen molar-refractivity contribution in [1.82, 2.24) is 4.90 Å². The van der Waals surface area contributed by atoms with Gasteiger partial charge in [-0.2, -0.15) is 12.6 Å². The first-order valence-corrected chi connectivity index (χ1v) is 4.53. The average molecular weight is 185 g/mol. The first-order valence-electron chi connectivity index (χ1n) is 3.90. The third-order valence-electron chi connectivity index (χ3n) is 1.69. The summed E-state index contributed by atoms with van der Waals surface area (Å²) in [4.78, 5) is 23.2. The Bertz CT molecular complexity index is 207. The lowest BCUT2D eigenvalue weighted by molar-refractivity contribution is -0.136. The summed E-state index contributed by atoms with van der Waals surface area (Å²) >= 11 is 4.04. The Kier molecular flexibility index (Phi) is 3.34. The van der Waals surface area contributed by atoms with Gasteiger partial charge in [-0.3, -0.25) is 14.5 Å². The van der Waals surface area contributed by atoms with Gasteiger partial charge in [0, 0.05) is 18.7 Å². The van der Waals surface area contributed by atoms with E-state index < -0.39 is 0 Å². The molecular formula is C8H11NO2S. The molecule has 0 fully saturated rings. The molecule has 1 heterocycles. The first kappa shape index (κ1) is 9.32. The molecule has 12 heavy (non-hydrogen) atoms. The van der Waals surface area contributed by atoms with Crippen LogP contribution in [0.1, 0.15) is 12.8 Å². The van der Waals surface area contributed by atoms with Crippen LogP contribution in [0.5, 0.6) is 0 Å². The Balaban J connectivity index is 2.33. The fourth-order valence-electron chi connectivity index (χ4n) is 1.03. The Morgan fingerprint density at radius 3 is 2.25 bits per heavy atom. The van der Waals surface area contributed by atoms with Crippen LogP contribution in [0.4, 0.5) is 0 Å². The van der Waals surface area contributed by atoms with E-state index in [1.54, 1.807) is 0 Å². The van der Waals surface area contributed by atoms with Crippen molar-refractivity contribution in [2.75, 3.05) is 12.3 Å². The fourth-order valence-corrected chi connectivity index (χ4v) is 1.26. The first-order chi connectivity index (χ1) is 5.75. The smallest absolute Gasteiger partial charge is 0.253 e. The van der Waals surface area contributed by atoms with E-state index in [-0.39, 0.29) is 11.8 Å². The zero-order valence-corrected chi connectivity index (χ0v) is 7.59. The van der Waals surface area contributed by atoms with Crippen molar-refractivity contribution in [1.29, 1.82) is 0 Å². The van der Waals surface area contributed by atoms with Crippen molar-refractivity contribution < 1.29 is 9.59 Å². The number of thiol groups is 1. The Hall–Kier alpha value is -0.770. The fraction of sp³-hybridized carbons (Fsp3) is 0.500. The molecule has 0 aliphatic carbocycles. The number of hydrogen-bond acceptors (Lipinski definition) is 3. The molecule has 1 aliphatic heterocycles. The number of rotatable bonds is 4. The number of amides is 2. The predicted octanol–water partition coefficient (Wildman–Crippen LogP) is 0.621. The summed E-state index contributed by atoms with van der Waals surface area (Å²) in [6, 6.07) is 0. The molecule has 0 aromatic carbocycles. The van der Waals surface area contributed by atoms with E-state index in [0.29, 0.717) is 6.54 Å². The molecule has 0 aromatic rings. The van der Waals surface area contributed by atoms with Crippen molar-refractivity contribution in [2.24, 2.45) is 0 Å². The Morgan fingerprint density at radius 1 is 1.17 bits per heavy atom. The van der Waals surface area contributed by atoms with E-state index in [1.165, 1.54) is 17.1 Å². The summed E-state index contributed by atoms with van der Waals surface area (Å²) in [5, 5.41) is 0. The maximum atomic E-state index is 11.0. The Labute approximate surface area is 76.8 Å². The highest BCUT2D eigenvalue weighted by Crippen LogP contribution is 2.05. The monoisotopic (exact) mass is 185 g/mol. The zero-order valence-electron chi connectivity index (χ0n) is 6.69. The van der Waals surface area contributed by atoms with Crippen LogP contribution in [-0.4, -0.2) is 29.0 Å². The molecule has 66 valence electrons. The molecule has 0 spiro atoms. The summed E-state index contributed by atoms with van der Waals surface area (Å²) in [5.41, 5.74) is 0. The molecule has 0 atom stereocenters. The molecule has 0 saturated heterocycles. The quantitative estimate of drug-likeness (QED) is 0.396. The van der Waals surface area contributed by atoms with Gasteiger partial charge in [0.25, 0.3) is 11.8 Å².